The molecule has 0 spiro atoms. The molecule has 0 saturated carbocycles. The van der Waals surface area contributed by atoms with Crippen molar-refractivity contribution in [3.05, 3.63) is 41.4 Å². The summed E-state index contributed by atoms with van der Waals surface area (Å²) in [7, 11) is 0. The first-order chi connectivity index (χ1) is 11.6. The topological polar surface area (TPSA) is 67.2 Å². The van der Waals surface area contributed by atoms with Gasteiger partial charge in [-0.25, -0.2) is 4.98 Å². The van der Waals surface area contributed by atoms with E-state index in [9.17, 15) is 4.79 Å². The number of nitrogens with one attached hydrogen (secondary N) is 2. The van der Waals surface area contributed by atoms with Crippen LogP contribution in [0.3, 0.4) is 0 Å². The zero-order chi connectivity index (χ0) is 16.9. The Balaban J connectivity index is 1.52. The molecule has 5 nitrogen and oxygen atoms in total. The highest BCUT2D eigenvalue weighted by molar-refractivity contribution is 6.33. The minimum absolute atomic E-state index is 0.0478. The first-order valence-electron chi connectivity index (χ1n) is 8.34. The van der Waals surface area contributed by atoms with E-state index in [1.54, 1.807) is 6.20 Å². The van der Waals surface area contributed by atoms with Crippen molar-refractivity contribution in [2.24, 2.45) is 0 Å². The van der Waals surface area contributed by atoms with Crippen LogP contribution in [0.4, 0.5) is 0 Å². The molecule has 2 N–H and O–H groups in total. The van der Waals surface area contributed by atoms with Crippen molar-refractivity contribution >= 4 is 17.5 Å². The van der Waals surface area contributed by atoms with Crippen molar-refractivity contribution < 1.29 is 9.21 Å². The Morgan fingerprint density at radius 2 is 2.29 bits per heavy atom. The Hall–Kier alpha value is -1.85. The maximum atomic E-state index is 12.1. The van der Waals surface area contributed by atoms with E-state index in [1.807, 2.05) is 24.3 Å². The minimum atomic E-state index is 0.0478. The highest BCUT2D eigenvalue weighted by atomic mass is 35.5. The first-order valence-corrected chi connectivity index (χ1v) is 8.72. The summed E-state index contributed by atoms with van der Waals surface area (Å²) in [5.74, 6) is 1.23. The van der Waals surface area contributed by atoms with Gasteiger partial charge in [-0.2, -0.15) is 0 Å². The van der Waals surface area contributed by atoms with E-state index in [2.05, 4.69) is 22.5 Å². The Kier molecular flexibility index (Phi) is 5.53. The molecule has 1 fully saturated rings. The van der Waals surface area contributed by atoms with Gasteiger partial charge in [0.25, 0.3) is 0 Å². The van der Waals surface area contributed by atoms with Crippen LogP contribution in [0.25, 0.3) is 11.3 Å². The molecule has 24 heavy (non-hydrogen) atoms. The number of amides is 1. The van der Waals surface area contributed by atoms with Gasteiger partial charge in [0.15, 0.2) is 11.7 Å². The van der Waals surface area contributed by atoms with Crippen molar-refractivity contribution in [2.45, 2.75) is 44.7 Å². The van der Waals surface area contributed by atoms with E-state index in [4.69, 9.17) is 16.0 Å². The Bertz CT molecular complexity index is 701. The molecular formula is C18H22ClN3O2. The standard InChI is InChI=1S/C18H22ClN3O2/c1-12-10-13(8-9-20-12)22-17(23)6-7-18-21-11-16(24-18)14-4-2-3-5-15(14)19/h2-5,11-13,20H,6-10H2,1H3,(H,22,23). The summed E-state index contributed by atoms with van der Waals surface area (Å²) < 4.78 is 5.72. The smallest absolute Gasteiger partial charge is 0.220 e. The number of nitrogens with zero attached hydrogens (tertiary/aromatic N) is 1. The SMILES string of the molecule is CC1CC(NC(=O)CCc2ncc(-c3ccccc3Cl)o2)CCN1. The third kappa shape index (κ3) is 4.36. The van der Waals surface area contributed by atoms with Gasteiger partial charge in [-0.15, -0.1) is 0 Å². The highest BCUT2D eigenvalue weighted by Gasteiger charge is 2.20. The molecule has 0 radical (unpaired) electrons. The molecule has 1 saturated heterocycles. The van der Waals surface area contributed by atoms with Crippen LogP contribution < -0.4 is 10.6 Å². The highest BCUT2D eigenvalue weighted by Crippen LogP contribution is 2.28. The summed E-state index contributed by atoms with van der Waals surface area (Å²) in [6.07, 6.45) is 4.47. The van der Waals surface area contributed by atoms with Crippen LogP contribution in [0, 0.1) is 0 Å². The molecule has 3 rings (SSSR count). The molecule has 2 unspecified atom stereocenters. The number of carbonyl (C=O) groups is 1. The average Bonchev–Trinajstić information content (AvgIpc) is 3.02. The van der Waals surface area contributed by atoms with E-state index >= 15 is 0 Å². The second kappa shape index (κ2) is 7.81. The molecule has 1 aliphatic rings. The lowest BCUT2D eigenvalue weighted by Crippen LogP contribution is -2.46. The van der Waals surface area contributed by atoms with Gasteiger partial charge in [0.2, 0.25) is 5.91 Å². The van der Waals surface area contributed by atoms with Gasteiger partial charge >= 0.3 is 0 Å². The second-order valence-electron chi connectivity index (χ2n) is 6.24. The average molecular weight is 348 g/mol. The lowest BCUT2D eigenvalue weighted by Gasteiger charge is -2.28. The molecule has 6 heteroatoms. The molecule has 0 bridgehead atoms. The maximum absolute atomic E-state index is 12.1. The van der Waals surface area contributed by atoms with Gasteiger partial charge < -0.3 is 15.1 Å². The predicted octanol–water partition coefficient (Wildman–Crippen LogP) is 3.18. The summed E-state index contributed by atoms with van der Waals surface area (Å²) in [4.78, 5) is 16.3. The summed E-state index contributed by atoms with van der Waals surface area (Å²) in [5.41, 5.74) is 0.811. The predicted molar refractivity (Wildman–Crippen MR) is 93.9 cm³/mol. The second-order valence-corrected chi connectivity index (χ2v) is 6.65. The fourth-order valence-electron chi connectivity index (χ4n) is 2.99. The van der Waals surface area contributed by atoms with Crippen molar-refractivity contribution in [1.82, 2.24) is 15.6 Å². The molecule has 1 aliphatic heterocycles. The molecule has 2 heterocycles. The van der Waals surface area contributed by atoms with Crippen molar-refractivity contribution in [3.8, 4) is 11.3 Å². The number of hydrogen-bond acceptors (Lipinski definition) is 4. The van der Waals surface area contributed by atoms with E-state index in [0.717, 1.165) is 24.9 Å². The van der Waals surface area contributed by atoms with Crippen LogP contribution in [-0.4, -0.2) is 29.5 Å². The number of benzene rings is 1. The molecule has 0 aliphatic carbocycles. The minimum Gasteiger partial charge on any atom is -0.441 e. The van der Waals surface area contributed by atoms with Crippen LogP contribution >= 0.6 is 11.6 Å². The third-order valence-corrected chi connectivity index (χ3v) is 4.58. The quantitative estimate of drug-likeness (QED) is 0.871. The van der Waals surface area contributed by atoms with Crippen molar-refractivity contribution in [1.29, 1.82) is 0 Å². The number of halogens is 1. The lowest BCUT2D eigenvalue weighted by molar-refractivity contribution is -0.122. The number of hydrogen-bond donors (Lipinski definition) is 2. The van der Waals surface area contributed by atoms with Crippen LogP contribution in [0.15, 0.2) is 34.9 Å². The van der Waals surface area contributed by atoms with Crippen LogP contribution in [0.1, 0.15) is 32.1 Å². The zero-order valence-electron chi connectivity index (χ0n) is 13.7. The normalized spacial score (nSPS) is 20.8. The summed E-state index contributed by atoms with van der Waals surface area (Å²) in [6.45, 7) is 3.09. The first kappa shape index (κ1) is 17.0. The number of carbonyl (C=O) groups excluding carboxylic acids is 1. The Labute approximate surface area is 146 Å². The lowest BCUT2D eigenvalue weighted by atomic mass is 10.0. The molecule has 1 aromatic heterocycles. The molecule has 1 aromatic carbocycles. The van der Waals surface area contributed by atoms with Crippen molar-refractivity contribution in [3.63, 3.8) is 0 Å². The number of aryl methyl sites for hydroxylation is 1. The van der Waals surface area contributed by atoms with E-state index in [1.165, 1.54) is 0 Å². The molecular weight excluding hydrogens is 326 g/mol. The van der Waals surface area contributed by atoms with Gasteiger partial charge in [0, 0.05) is 30.5 Å². The van der Waals surface area contributed by atoms with Gasteiger partial charge in [-0.05, 0) is 38.4 Å². The van der Waals surface area contributed by atoms with Crippen molar-refractivity contribution in [2.75, 3.05) is 6.54 Å². The zero-order valence-corrected chi connectivity index (χ0v) is 14.5. The number of oxazole rings is 1. The maximum Gasteiger partial charge on any atom is 0.220 e. The van der Waals surface area contributed by atoms with E-state index < -0.39 is 0 Å². The Morgan fingerprint density at radius 1 is 1.46 bits per heavy atom. The Morgan fingerprint density at radius 3 is 3.08 bits per heavy atom. The van der Waals surface area contributed by atoms with Gasteiger partial charge in [0.1, 0.15) is 0 Å². The molecule has 128 valence electrons. The van der Waals surface area contributed by atoms with E-state index in [0.29, 0.717) is 35.6 Å². The number of aromatic nitrogens is 1. The fourth-order valence-corrected chi connectivity index (χ4v) is 3.22. The summed E-state index contributed by atoms with van der Waals surface area (Å²) in [6, 6.07) is 8.18. The van der Waals surface area contributed by atoms with Crippen LogP contribution in [0.2, 0.25) is 5.02 Å². The third-order valence-electron chi connectivity index (χ3n) is 4.25. The molecule has 2 aromatic rings. The van der Waals surface area contributed by atoms with E-state index in [-0.39, 0.29) is 11.9 Å². The van der Waals surface area contributed by atoms with Crippen LogP contribution in [0.5, 0.6) is 0 Å². The van der Waals surface area contributed by atoms with Gasteiger partial charge in [-0.3, -0.25) is 4.79 Å². The van der Waals surface area contributed by atoms with Gasteiger partial charge in [0.05, 0.1) is 11.2 Å². The van der Waals surface area contributed by atoms with Gasteiger partial charge in [-0.1, -0.05) is 23.7 Å². The number of piperidine rings is 1. The molecule has 2 atom stereocenters. The number of rotatable bonds is 5. The summed E-state index contributed by atoms with van der Waals surface area (Å²) in [5, 5.41) is 7.10. The largest absolute Gasteiger partial charge is 0.441 e. The fraction of sp³-hybridized carbons (Fsp3) is 0.444. The summed E-state index contributed by atoms with van der Waals surface area (Å²) >= 11 is 6.16. The molecule has 1 amide bonds. The monoisotopic (exact) mass is 347 g/mol. The van der Waals surface area contributed by atoms with Crippen LogP contribution in [-0.2, 0) is 11.2 Å².